The zero-order chi connectivity index (χ0) is 31.4. The third-order valence-corrected chi connectivity index (χ3v) is 10.0. The maximum atomic E-state index is 15.7. The lowest BCUT2D eigenvalue weighted by atomic mass is 10.2. The van der Waals surface area contributed by atoms with Crippen molar-refractivity contribution < 1.29 is 25.6 Å². The fourth-order valence-electron chi connectivity index (χ4n) is 4.54. The summed E-state index contributed by atoms with van der Waals surface area (Å²) in [6.07, 6.45) is 3.69. The first-order chi connectivity index (χ1) is 20.8. The number of nitrogens with one attached hydrogen (secondary N) is 2. The molecule has 0 aliphatic carbocycles. The van der Waals surface area contributed by atoms with E-state index in [0.29, 0.717) is 16.4 Å². The molecule has 3 aromatic heterocycles. The molecule has 0 spiro atoms. The standard InChI is InChI=1S/C28H18Cl2F2N6O4S2/c1-43(39,40)22-13-38(20-7-3-2-5-15(20)22)23-12-11-19-27(35-23)28(34-14-33-19)36-26-17(31)9-10-18(25(26)32)37-44(41,42)21-8-4-6-16(29)24(21)30/h2-14,37H,1H3,(H,33,34,36). The van der Waals surface area contributed by atoms with Gasteiger partial charge in [0.25, 0.3) is 10.0 Å². The van der Waals surface area contributed by atoms with E-state index in [1.165, 1.54) is 24.4 Å². The smallest absolute Gasteiger partial charge is 0.263 e. The van der Waals surface area contributed by atoms with Crippen LogP contribution in [0.15, 0.2) is 89.0 Å². The molecule has 0 amide bonds. The van der Waals surface area contributed by atoms with Gasteiger partial charge in [-0.15, -0.1) is 0 Å². The molecule has 0 radical (unpaired) electrons. The number of fused-ring (bicyclic) bond motifs is 2. The molecule has 6 rings (SSSR count). The largest absolute Gasteiger partial charge is 0.333 e. The van der Waals surface area contributed by atoms with Crippen molar-refractivity contribution in [3.8, 4) is 5.82 Å². The topological polar surface area (TPSA) is 136 Å². The average Bonchev–Trinajstić information content (AvgIpc) is 3.38. The minimum absolute atomic E-state index is 0.0283. The Labute approximate surface area is 259 Å². The first-order valence-corrected chi connectivity index (χ1v) is 16.6. The Balaban J connectivity index is 1.42. The quantitative estimate of drug-likeness (QED) is 0.196. The summed E-state index contributed by atoms with van der Waals surface area (Å²) < 4.78 is 85.2. The normalized spacial score (nSPS) is 12.1. The summed E-state index contributed by atoms with van der Waals surface area (Å²) in [5.41, 5.74) is -0.342. The second-order valence-corrected chi connectivity index (χ2v) is 13.9. The van der Waals surface area contributed by atoms with E-state index in [4.69, 9.17) is 23.2 Å². The SMILES string of the molecule is CS(=O)(=O)c1cn(-c2ccc3ncnc(Nc4c(F)ccc(NS(=O)(=O)c5cccc(Cl)c5Cl)c4F)c3n2)c2ccccc12. The van der Waals surface area contributed by atoms with E-state index < -0.39 is 47.8 Å². The van der Waals surface area contributed by atoms with Crippen LogP contribution in [0.5, 0.6) is 0 Å². The van der Waals surface area contributed by atoms with Gasteiger partial charge in [-0.3, -0.25) is 9.29 Å². The lowest BCUT2D eigenvalue weighted by Gasteiger charge is -2.15. The Morgan fingerprint density at radius 1 is 0.864 bits per heavy atom. The van der Waals surface area contributed by atoms with Gasteiger partial charge >= 0.3 is 0 Å². The Hall–Kier alpha value is -4.37. The number of anilines is 3. The molecular weight excluding hydrogens is 657 g/mol. The first-order valence-electron chi connectivity index (χ1n) is 12.5. The molecule has 0 saturated heterocycles. The van der Waals surface area contributed by atoms with Crippen LogP contribution in [-0.2, 0) is 19.9 Å². The molecule has 0 aliphatic rings. The van der Waals surface area contributed by atoms with Gasteiger partial charge in [0.1, 0.15) is 34.1 Å². The van der Waals surface area contributed by atoms with Crippen LogP contribution in [0.4, 0.5) is 26.0 Å². The lowest BCUT2D eigenvalue weighted by Crippen LogP contribution is -2.15. The summed E-state index contributed by atoms with van der Waals surface area (Å²) in [6.45, 7) is 0. The van der Waals surface area contributed by atoms with Gasteiger partial charge in [0.05, 0.1) is 31.7 Å². The summed E-state index contributed by atoms with van der Waals surface area (Å²) >= 11 is 12.0. The number of benzene rings is 3. The average molecular weight is 676 g/mol. The molecule has 0 unspecified atom stereocenters. The molecule has 0 fully saturated rings. The number of rotatable bonds is 7. The Morgan fingerprint density at radius 2 is 1.64 bits per heavy atom. The van der Waals surface area contributed by atoms with Crippen molar-refractivity contribution in [2.75, 3.05) is 16.3 Å². The van der Waals surface area contributed by atoms with Crippen molar-refractivity contribution in [1.29, 1.82) is 0 Å². The van der Waals surface area contributed by atoms with E-state index in [1.807, 2.05) is 0 Å². The van der Waals surface area contributed by atoms with Gasteiger partial charge in [0, 0.05) is 17.8 Å². The van der Waals surface area contributed by atoms with Crippen LogP contribution in [0.3, 0.4) is 0 Å². The molecule has 0 aliphatic heterocycles. The summed E-state index contributed by atoms with van der Waals surface area (Å²) in [7, 11) is -8.02. The molecule has 44 heavy (non-hydrogen) atoms. The molecule has 0 saturated carbocycles. The van der Waals surface area contributed by atoms with Crippen LogP contribution in [-0.4, -0.2) is 42.6 Å². The number of aromatic nitrogens is 4. The molecule has 2 N–H and O–H groups in total. The molecule has 10 nitrogen and oxygen atoms in total. The number of pyridine rings is 1. The van der Waals surface area contributed by atoms with Gasteiger partial charge in [-0.05, 0) is 42.5 Å². The Morgan fingerprint density at radius 3 is 2.41 bits per heavy atom. The molecule has 3 heterocycles. The van der Waals surface area contributed by atoms with Gasteiger partial charge in [-0.25, -0.2) is 40.6 Å². The van der Waals surface area contributed by atoms with Crippen LogP contribution >= 0.6 is 23.2 Å². The van der Waals surface area contributed by atoms with Gasteiger partial charge in [-0.2, -0.15) is 0 Å². The van der Waals surface area contributed by atoms with E-state index in [0.717, 1.165) is 24.7 Å². The number of halogens is 4. The number of sulfone groups is 1. The zero-order valence-electron chi connectivity index (χ0n) is 22.3. The molecule has 0 atom stereocenters. The number of hydrogen-bond donors (Lipinski definition) is 2. The molecular formula is C28H18Cl2F2N6O4S2. The van der Waals surface area contributed by atoms with Crippen molar-refractivity contribution in [2.24, 2.45) is 0 Å². The highest BCUT2D eigenvalue weighted by Gasteiger charge is 2.24. The van der Waals surface area contributed by atoms with Crippen molar-refractivity contribution in [3.63, 3.8) is 0 Å². The minimum atomic E-state index is -4.43. The highest BCUT2D eigenvalue weighted by molar-refractivity contribution is 7.92. The third-order valence-electron chi connectivity index (χ3n) is 6.57. The second-order valence-electron chi connectivity index (χ2n) is 9.48. The maximum absolute atomic E-state index is 15.7. The van der Waals surface area contributed by atoms with Gasteiger partial charge in [0.15, 0.2) is 21.5 Å². The van der Waals surface area contributed by atoms with Crippen molar-refractivity contribution in [3.05, 3.63) is 101 Å². The highest BCUT2D eigenvalue weighted by Crippen LogP contribution is 2.34. The number of sulfonamides is 1. The third kappa shape index (κ3) is 5.30. The van der Waals surface area contributed by atoms with Crippen LogP contribution in [0.2, 0.25) is 10.0 Å². The fraction of sp³-hybridized carbons (Fsp3) is 0.0357. The van der Waals surface area contributed by atoms with Gasteiger partial charge < -0.3 is 5.32 Å². The number of para-hydroxylation sites is 1. The summed E-state index contributed by atoms with van der Waals surface area (Å²) in [4.78, 5) is 12.5. The predicted octanol–water partition coefficient (Wildman–Crippen LogP) is 6.50. The second kappa shape index (κ2) is 11.0. The molecule has 16 heteroatoms. The summed E-state index contributed by atoms with van der Waals surface area (Å²) in [5, 5.41) is 2.76. The lowest BCUT2D eigenvalue weighted by molar-refractivity contribution is 0.588. The Bertz CT molecular complexity index is 2350. The monoisotopic (exact) mass is 674 g/mol. The maximum Gasteiger partial charge on any atom is 0.263 e. The number of nitrogens with zero attached hydrogens (tertiary/aromatic N) is 4. The van der Waals surface area contributed by atoms with E-state index in [-0.39, 0.29) is 32.1 Å². The van der Waals surface area contributed by atoms with Gasteiger partial charge in [-0.1, -0.05) is 47.5 Å². The summed E-state index contributed by atoms with van der Waals surface area (Å²) in [5.74, 6) is -2.15. The van der Waals surface area contributed by atoms with Crippen molar-refractivity contribution in [2.45, 2.75) is 9.79 Å². The van der Waals surface area contributed by atoms with E-state index in [1.54, 1.807) is 41.0 Å². The van der Waals surface area contributed by atoms with Crippen LogP contribution in [0.1, 0.15) is 0 Å². The highest BCUT2D eigenvalue weighted by atomic mass is 35.5. The zero-order valence-corrected chi connectivity index (χ0v) is 25.4. The number of hydrogen-bond acceptors (Lipinski definition) is 8. The van der Waals surface area contributed by atoms with E-state index in [9.17, 15) is 21.2 Å². The molecule has 6 aromatic rings. The molecule has 224 valence electrons. The van der Waals surface area contributed by atoms with E-state index >= 15 is 4.39 Å². The Kier molecular flexibility index (Phi) is 7.40. The van der Waals surface area contributed by atoms with Crippen molar-refractivity contribution in [1.82, 2.24) is 19.5 Å². The minimum Gasteiger partial charge on any atom is -0.333 e. The van der Waals surface area contributed by atoms with E-state index in [2.05, 4.69) is 25.0 Å². The van der Waals surface area contributed by atoms with Crippen molar-refractivity contribution >= 4 is 82.2 Å². The molecule has 3 aromatic carbocycles. The summed E-state index contributed by atoms with van der Waals surface area (Å²) in [6, 6.07) is 15.8. The van der Waals surface area contributed by atoms with Crippen LogP contribution in [0, 0.1) is 11.6 Å². The molecule has 0 bridgehead atoms. The van der Waals surface area contributed by atoms with Crippen LogP contribution in [0.25, 0.3) is 27.8 Å². The first kappa shape index (κ1) is 29.7. The fourth-order valence-corrected chi connectivity index (χ4v) is 7.24. The predicted molar refractivity (Wildman–Crippen MR) is 164 cm³/mol. The van der Waals surface area contributed by atoms with Gasteiger partial charge in [0.2, 0.25) is 0 Å². The van der Waals surface area contributed by atoms with Crippen LogP contribution < -0.4 is 10.0 Å².